The van der Waals surface area contributed by atoms with E-state index >= 15 is 0 Å². The minimum absolute atomic E-state index is 0.155. The van der Waals surface area contributed by atoms with Gasteiger partial charge < -0.3 is 20.1 Å². The summed E-state index contributed by atoms with van der Waals surface area (Å²) in [4.78, 5) is 11.5. The molecule has 0 atom stereocenters. The van der Waals surface area contributed by atoms with Crippen molar-refractivity contribution in [3.8, 4) is 5.75 Å². The molecule has 1 N–H and O–H groups in total. The van der Waals surface area contributed by atoms with Crippen LogP contribution in [0, 0.1) is 0 Å². The summed E-state index contributed by atoms with van der Waals surface area (Å²) in [7, 11) is 0.155. The van der Waals surface area contributed by atoms with Gasteiger partial charge in [0.2, 0.25) is 6.41 Å². The Morgan fingerprint density at radius 3 is 2.87 bits per heavy atom. The second-order valence-electron chi connectivity index (χ2n) is 3.00. The molecular formula is C11H12NO2S-. The van der Waals surface area contributed by atoms with Crippen molar-refractivity contribution in [3.05, 3.63) is 18.2 Å². The number of carbonyl (C=O) groups is 1. The molecule has 0 saturated heterocycles. The Bertz CT molecular complexity index is 463. The molecule has 0 aliphatic carbocycles. The van der Waals surface area contributed by atoms with Gasteiger partial charge in [-0.05, 0) is 13.0 Å². The van der Waals surface area contributed by atoms with Gasteiger partial charge in [-0.1, -0.05) is 6.07 Å². The number of anilines is 1. The fourth-order valence-corrected chi connectivity index (χ4v) is 2.39. The van der Waals surface area contributed by atoms with Crippen molar-refractivity contribution < 1.29 is 9.53 Å². The first-order valence-electron chi connectivity index (χ1n) is 4.72. The van der Waals surface area contributed by atoms with Gasteiger partial charge in [0.15, 0.2) is 0 Å². The van der Waals surface area contributed by atoms with Crippen LogP contribution in [0.1, 0.15) is 6.92 Å². The molecule has 15 heavy (non-hydrogen) atoms. The van der Waals surface area contributed by atoms with Crippen molar-refractivity contribution in [2.24, 2.45) is 0 Å². The molecule has 0 aromatic heterocycles. The summed E-state index contributed by atoms with van der Waals surface area (Å²) in [5.74, 6) is 0.859. The zero-order valence-corrected chi connectivity index (χ0v) is 9.21. The monoisotopic (exact) mass is 222 g/mol. The van der Waals surface area contributed by atoms with Crippen LogP contribution in [0.2, 0.25) is 0 Å². The summed E-state index contributed by atoms with van der Waals surface area (Å²) >= 11 is 0. The summed E-state index contributed by atoms with van der Waals surface area (Å²) in [5, 5.41) is 6.90. The highest BCUT2D eigenvalue weighted by molar-refractivity contribution is 8.05. The van der Waals surface area contributed by atoms with Crippen LogP contribution in [0.5, 0.6) is 5.75 Å². The summed E-state index contributed by atoms with van der Waals surface area (Å²) < 4.78 is 5.54. The van der Waals surface area contributed by atoms with Gasteiger partial charge in [-0.15, -0.1) is 4.90 Å². The molecule has 4 heteroatoms. The normalized spacial score (nSPS) is 13.7. The van der Waals surface area contributed by atoms with E-state index in [0.717, 1.165) is 11.4 Å². The topological polar surface area (TPSA) is 38.3 Å². The molecule has 0 radical (unpaired) electrons. The van der Waals surface area contributed by atoms with Crippen molar-refractivity contribution in [2.75, 3.05) is 11.9 Å². The number of ether oxygens (including phenoxy) is 1. The minimum atomic E-state index is 0.155. The summed E-state index contributed by atoms with van der Waals surface area (Å²) in [6.07, 6.45) is 0.669. The Morgan fingerprint density at radius 1 is 1.47 bits per heavy atom. The number of amides is 1. The van der Waals surface area contributed by atoms with Gasteiger partial charge in [0.25, 0.3) is 0 Å². The van der Waals surface area contributed by atoms with Crippen molar-refractivity contribution in [1.29, 1.82) is 0 Å². The first kappa shape index (κ1) is 10.1. The summed E-state index contributed by atoms with van der Waals surface area (Å²) in [5.41, 5.74) is 0.766. The molecule has 80 valence electrons. The molecule has 0 unspecified atom stereocenters. The lowest BCUT2D eigenvalue weighted by Gasteiger charge is -2.14. The highest BCUT2D eigenvalue weighted by Gasteiger charge is 1.99. The van der Waals surface area contributed by atoms with E-state index in [4.69, 9.17) is 4.74 Å². The number of benzene rings is 1. The minimum Gasteiger partial charge on any atom is -0.495 e. The lowest BCUT2D eigenvalue weighted by molar-refractivity contribution is -0.105. The highest BCUT2D eigenvalue weighted by atomic mass is 32.2. The second-order valence-corrected chi connectivity index (χ2v) is 4.73. The third kappa shape index (κ3) is 2.33. The van der Waals surface area contributed by atoms with Crippen LogP contribution in [0.25, 0.3) is 0 Å². The van der Waals surface area contributed by atoms with E-state index in [1.807, 2.05) is 25.1 Å². The fraction of sp³-hybridized carbons (Fsp3) is 0.182. The highest BCUT2D eigenvalue weighted by Crippen LogP contribution is 2.26. The average Bonchev–Trinajstić information content (AvgIpc) is 3.03. The molecule has 0 bridgehead atoms. The van der Waals surface area contributed by atoms with E-state index in [0.29, 0.717) is 13.0 Å². The van der Waals surface area contributed by atoms with Crippen LogP contribution in [0.4, 0.5) is 5.69 Å². The van der Waals surface area contributed by atoms with E-state index in [9.17, 15) is 4.79 Å². The predicted octanol–water partition coefficient (Wildman–Crippen LogP) is 1.25. The molecule has 3 nitrogen and oxygen atoms in total. The third-order valence-corrected chi connectivity index (χ3v) is 3.38. The lowest BCUT2D eigenvalue weighted by atomic mass is 10.3. The smallest absolute Gasteiger partial charge is 0.211 e. The van der Waals surface area contributed by atoms with Gasteiger partial charge in [0, 0.05) is 11.8 Å². The second kappa shape index (κ2) is 4.40. The van der Waals surface area contributed by atoms with Crippen LogP contribution in [-0.2, 0) is 14.9 Å². The van der Waals surface area contributed by atoms with Crippen LogP contribution in [-0.4, -0.2) is 23.8 Å². The van der Waals surface area contributed by atoms with Gasteiger partial charge in [-0.3, -0.25) is 4.79 Å². The van der Waals surface area contributed by atoms with Crippen LogP contribution < -0.4 is 10.1 Å². The number of hydrogen-bond acceptors (Lipinski definition) is 3. The van der Waals surface area contributed by atoms with E-state index in [1.54, 1.807) is 0 Å². The Morgan fingerprint density at radius 2 is 2.27 bits per heavy atom. The Labute approximate surface area is 90.6 Å². The summed E-state index contributed by atoms with van der Waals surface area (Å²) in [6, 6.07) is 5.75. The van der Waals surface area contributed by atoms with Gasteiger partial charge >= 0.3 is 0 Å². The zero-order chi connectivity index (χ0) is 10.7. The molecule has 1 aromatic rings. The van der Waals surface area contributed by atoms with Gasteiger partial charge in [-0.25, -0.2) is 10.7 Å². The maximum absolute atomic E-state index is 10.3. The molecule has 1 heterocycles. The maximum atomic E-state index is 10.3. The van der Waals surface area contributed by atoms with Crippen LogP contribution in [0.3, 0.4) is 0 Å². The molecule has 0 saturated carbocycles. The Kier molecular flexibility index (Phi) is 2.97. The standard InChI is InChI=1S/C11H12NO2S/c1-2-14-10-7-9(12-8-13)3-4-11(10)15-5-6-15/h3-8H,2H2,1H3,(H,12,13)/q-1. The number of rotatable bonds is 5. The van der Waals surface area contributed by atoms with E-state index in [1.165, 1.54) is 4.90 Å². The number of nitrogens with one attached hydrogen (secondary N) is 1. The van der Waals surface area contributed by atoms with Gasteiger partial charge in [0.1, 0.15) is 5.75 Å². The van der Waals surface area contributed by atoms with E-state index in [-0.39, 0.29) is 10.1 Å². The van der Waals surface area contributed by atoms with Gasteiger partial charge in [0.05, 0.1) is 6.61 Å². The quantitative estimate of drug-likeness (QED) is 0.462. The van der Waals surface area contributed by atoms with E-state index < -0.39 is 0 Å². The molecule has 1 aromatic carbocycles. The molecule has 1 aliphatic rings. The third-order valence-electron chi connectivity index (χ3n) is 2.00. The summed E-state index contributed by atoms with van der Waals surface area (Å²) in [6.45, 7) is 2.59. The van der Waals surface area contributed by atoms with Crippen molar-refractivity contribution in [1.82, 2.24) is 0 Å². The molecule has 1 aliphatic heterocycles. The first-order valence-corrected chi connectivity index (χ1v) is 6.07. The SMILES string of the molecule is CCOc1cc(NC=O)ccc1[S-]1=CC=1. The van der Waals surface area contributed by atoms with E-state index in [2.05, 4.69) is 16.1 Å². The molecule has 2 rings (SSSR count). The van der Waals surface area contributed by atoms with Crippen LogP contribution in [0.15, 0.2) is 23.1 Å². The molecule has 0 fully saturated rings. The van der Waals surface area contributed by atoms with Crippen molar-refractivity contribution in [2.45, 2.75) is 11.8 Å². The number of carbonyl (C=O) groups excluding carboxylic acids is 1. The largest absolute Gasteiger partial charge is 0.495 e. The fourth-order valence-electron chi connectivity index (χ4n) is 1.30. The van der Waals surface area contributed by atoms with Crippen molar-refractivity contribution in [3.63, 3.8) is 0 Å². The average molecular weight is 222 g/mol. The van der Waals surface area contributed by atoms with Crippen molar-refractivity contribution >= 4 is 32.9 Å². The number of hydrogen-bond donors (Lipinski definition) is 1. The first-order chi connectivity index (χ1) is 7.35. The molecular weight excluding hydrogens is 210 g/mol. The van der Waals surface area contributed by atoms with Gasteiger partial charge in [-0.2, -0.15) is 0 Å². The predicted molar refractivity (Wildman–Crippen MR) is 65.1 cm³/mol. The Hall–Kier alpha value is -1.42. The lowest BCUT2D eigenvalue weighted by Crippen LogP contribution is -1.98. The molecule has 1 amide bonds. The maximum Gasteiger partial charge on any atom is 0.211 e. The zero-order valence-electron chi connectivity index (χ0n) is 8.40. The van der Waals surface area contributed by atoms with Crippen LogP contribution >= 0.6 is 0 Å². The Balaban J connectivity index is 2.35. The molecule has 0 spiro atoms.